The van der Waals surface area contributed by atoms with Gasteiger partial charge < -0.3 is 14.4 Å². The van der Waals surface area contributed by atoms with Crippen LogP contribution in [0, 0.1) is 5.82 Å². The van der Waals surface area contributed by atoms with Gasteiger partial charge in [0.15, 0.2) is 5.96 Å². The van der Waals surface area contributed by atoms with Gasteiger partial charge in [0.25, 0.3) is 0 Å². The third-order valence-corrected chi connectivity index (χ3v) is 3.00. The normalized spacial score (nSPS) is 9.86. The molecule has 0 bridgehead atoms. The summed E-state index contributed by atoms with van der Waals surface area (Å²) in [6.45, 7) is 0.437. The van der Waals surface area contributed by atoms with Crippen LogP contribution in [-0.2, 0) is 6.54 Å². The molecule has 0 radical (unpaired) electrons. The molecule has 0 aliphatic rings. The van der Waals surface area contributed by atoms with Crippen LogP contribution in [0.4, 0.5) is 4.39 Å². The predicted molar refractivity (Wildman–Crippen MR) is 97.5 cm³/mol. The van der Waals surface area contributed by atoms with Crippen LogP contribution in [-0.4, -0.2) is 53.5 Å². The van der Waals surface area contributed by atoms with Gasteiger partial charge in [0.1, 0.15) is 5.82 Å². The lowest BCUT2D eigenvalue weighted by molar-refractivity contribution is 0.479. The highest BCUT2D eigenvalue weighted by molar-refractivity contribution is 14.0. The van der Waals surface area contributed by atoms with Crippen LogP contribution < -0.4 is 0 Å². The van der Waals surface area contributed by atoms with Crippen molar-refractivity contribution in [1.82, 2.24) is 19.4 Å². The summed E-state index contributed by atoms with van der Waals surface area (Å²) in [5.41, 5.74) is 1.32. The Hall–Kier alpha value is -1.64. The molecule has 1 heterocycles. The van der Waals surface area contributed by atoms with Crippen LogP contribution >= 0.6 is 24.0 Å². The van der Waals surface area contributed by atoms with Gasteiger partial charge in [-0.05, 0) is 17.7 Å². The molecule has 0 spiro atoms. The van der Waals surface area contributed by atoms with Gasteiger partial charge >= 0.3 is 0 Å². The number of aliphatic imine (C=N–C) groups is 1. The zero-order valence-electron chi connectivity index (χ0n) is 13.2. The summed E-state index contributed by atoms with van der Waals surface area (Å²) in [6, 6.07) is 5.14. The van der Waals surface area contributed by atoms with Crippen LogP contribution in [0.3, 0.4) is 0 Å². The second-order valence-electron chi connectivity index (χ2n) is 5.16. The molecule has 0 amide bonds. The van der Waals surface area contributed by atoms with Crippen molar-refractivity contribution in [2.75, 3.05) is 28.2 Å². The number of rotatable bonds is 3. The third kappa shape index (κ3) is 4.43. The van der Waals surface area contributed by atoms with Crippen molar-refractivity contribution in [3.8, 4) is 5.69 Å². The third-order valence-electron chi connectivity index (χ3n) is 3.00. The van der Waals surface area contributed by atoms with Gasteiger partial charge in [0, 0.05) is 40.6 Å². The zero-order chi connectivity index (χ0) is 15.4. The van der Waals surface area contributed by atoms with E-state index in [-0.39, 0.29) is 29.8 Å². The quantitative estimate of drug-likeness (QED) is 0.438. The molecule has 0 saturated carbocycles. The molecule has 22 heavy (non-hydrogen) atoms. The second-order valence-corrected chi connectivity index (χ2v) is 5.16. The summed E-state index contributed by atoms with van der Waals surface area (Å²) >= 11 is 0. The molecule has 1 aromatic carbocycles. The Morgan fingerprint density at radius 3 is 2.41 bits per heavy atom. The number of hydrogen-bond donors (Lipinski definition) is 0. The van der Waals surface area contributed by atoms with Gasteiger partial charge in [-0.3, -0.25) is 0 Å². The van der Waals surface area contributed by atoms with Crippen molar-refractivity contribution in [3.05, 3.63) is 48.3 Å². The largest absolute Gasteiger partial charge is 0.349 e. The fraction of sp³-hybridized carbons (Fsp3) is 0.333. The molecule has 0 saturated heterocycles. The first-order valence-corrected chi connectivity index (χ1v) is 6.65. The first kappa shape index (κ1) is 18.4. The van der Waals surface area contributed by atoms with Gasteiger partial charge in [0.05, 0.1) is 18.6 Å². The van der Waals surface area contributed by atoms with Gasteiger partial charge in [-0.1, -0.05) is 6.07 Å². The van der Waals surface area contributed by atoms with Crippen molar-refractivity contribution in [3.63, 3.8) is 0 Å². The Kier molecular flexibility index (Phi) is 6.79. The fourth-order valence-electron chi connectivity index (χ4n) is 2.10. The van der Waals surface area contributed by atoms with E-state index in [1.807, 2.05) is 44.1 Å². The van der Waals surface area contributed by atoms with E-state index in [0.717, 1.165) is 11.5 Å². The van der Waals surface area contributed by atoms with Crippen LogP contribution in [0.15, 0.2) is 41.9 Å². The molecule has 0 unspecified atom stereocenters. The second kappa shape index (κ2) is 8.11. The fourth-order valence-corrected chi connectivity index (χ4v) is 2.10. The Bertz CT molecular complexity index is 613. The molecule has 0 fully saturated rings. The predicted octanol–water partition coefficient (Wildman–Crippen LogP) is 2.61. The molecule has 0 aliphatic heterocycles. The van der Waals surface area contributed by atoms with E-state index in [9.17, 15) is 4.39 Å². The molecule has 120 valence electrons. The Morgan fingerprint density at radius 1 is 1.23 bits per heavy atom. The maximum absolute atomic E-state index is 14.1. The number of nitrogens with zero attached hydrogens (tertiary/aromatic N) is 5. The maximum atomic E-state index is 14.1. The number of benzene rings is 1. The first-order valence-electron chi connectivity index (χ1n) is 6.65. The zero-order valence-corrected chi connectivity index (χ0v) is 15.5. The molecule has 0 atom stereocenters. The Morgan fingerprint density at radius 2 is 1.91 bits per heavy atom. The molecule has 0 N–H and O–H groups in total. The van der Waals surface area contributed by atoms with E-state index in [4.69, 9.17) is 0 Å². The highest BCUT2D eigenvalue weighted by atomic mass is 127. The lowest BCUT2D eigenvalue weighted by atomic mass is 10.2. The van der Waals surface area contributed by atoms with Gasteiger partial charge in [-0.15, -0.1) is 24.0 Å². The lowest BCUT2D eigenvalue weighted by Crippen LogP contribution is -2.35. The van der Waals surface area contributed by atoms with Crippen molar-refractivity contribution in [2.45, 2.75) is 6.54 Å². The Balaban J connectivity index is 0.00000242. The summed E-state index contributed by atoms with van der Waals surface area (Å²) in [5.74, 6) is 0.561. The molecule has 0 aliphatic carbocycles. The average molecular weight is 417 g/mol. The van der Waals surface area contributed by atoms with Gasteiger partial charge in [-0.2, -0.15) is 0 Å². The minimum absolute atomic E-state index is 0. The van der Waals surface area contributed by atoms with Crippen molar-refractivity contribution < 1.29 is 4.39 Å². The first-order chi connectivity index (χ1) is 9.99. The standard InChI is InChI=1S/C15H20FN5.HI/c1-19(2)15(20(3)4)18-10-12-5-6-14(13(16)9-12)21-8-7-17-11-21;/h5-9,11H,10H2,1-4H3;1H. The molecule has 1 aromatic heterocycles. The van der Waals surface area contributed by atoms with Crippen molar-refractivity contribution >= 4 is 29.9 Å². The summed E-state index contributed by atoms with van der Waals surface area (Å²) in [5, 5.41) is 0. The van der Waals surface area contributed by atoms with Gasteiger partial charge in [-0.25, -0.2) is 14.4 Å². The van der Waals surface area contributed by atoms with E-state index in [0.29, 0.717) is 12.2 Å². The minimum atomic E-state index is -0.281. The lowest BCUT2D eigenvalue weighted by Gasteiger charge is -2.22. The topological polar surface area (TPSA) is 36.7 Å². The summed E-state index contributed by atoms with van der Waals surface area (Å²) in [6.07, 6.45) is 4.91. The number of imidazole rings is 1. The van der Waals surface area contributed by atoms with Crippen LogP contribution in [0.5, 0.6) is 0 Å². The van der Waals surface area contributed by atoms with E-state index >= 15 is 0 Å². The number of aromatic nitrogens is 2. The minimum Gasteiger partial charge on any atom is -0.349 e. The summed E-state index contributed by atoms with van der Waals surface area (Å²) < 4.78 is 15.8. The highest BCUT2D eigenvalue weighted by Crippen LogP contribution is 2.15. The summed E-state index contributed by atoms with van der Waals surface area (Å²) in [7, 11) is 7.73. The van der Waals surface area contributed by atoms with E-state index < -0.39 is 0 Å². The van der Waals surface area contributed by atoms with Crippen molar-refractivity contribution in [1.29, 1.82) is 0 Å². The molecule has 2 rings (SSSR count). The van der Waals surface area contributed by atoms with E-state index in [1.165, 1.54) is 6.07 Å². The van der Waals surface area contributed by atoms with E-state index in [1.54, 1.807) is 29.4 Å². The highest BCUT2D eigenvalue weighted by Gasteiger charge is 2.07. The summed E-state index contributed by atoms with van der Waals surface area (Å²) in [4.78, 5) is 12.3. The molecule has 7 heteroatoms. The van der Waals surface area contributed by atoms with Crippen LogP contribution in [0.25, 0.3) is 5.69 Å². The number of halogens is 2. The van der Waals surface area contributed by atoms with E-state index in [2.05, 4.69) is 9.98 Å². The SMILES string of the molecule is CN(C)C(=NCc1ccc(-n2ccnc2)c(F)c1)N(C)C.I. The maximum Gasteiger partial charge on any atom is 0.195 e. The van der Waals surface area contributed by atoms with Gasteiger partial charge in [0.2, 0.25) is 0 Å². The van der Waals surface area contributed by atoms with Crippen LogP contribution in [0.1, 0.15) is 5.56 Å². The van der Waals surface area contributed by atoms with Crippen molar-refractivity contribution in [2.24, 2.45) is 4.99 Å². The average Bonchev–Trinajstić information content (AvgIpc) is 2.92. The van der Waals surface area contributed by atoms with Crippen LogP contribution in [0.2, 0.25) is 0 Å². The number of guanidine groups is 1. The molecule has 5 nitrogen and oxygen atoms in total. The monoisotopic (exact) mass is 417 g/mol. The molecule has 2 aromatic rings. The smallest absolute Gasteiger partial charge is 0.195 e. The number of hydrogen-bond acceptors (Lipinski definition) is 2. The Labute approximate surface area is 147 Å². The molecular weight excluding hydrogens is 396 g/mol. The molecular formula is C15H21FIN5.